The van der Waals surface area contributed by atoms with Crippen LogP contribution in [0, 0.1) is 0 Å². The third kappa shape index (κ3) is 4.26. The summed E-state index contributed by atoms with van der Waals surface area (Å²) >= 11 is 3.16. The van der Waals surface area contributed by atoms with E-state index < -0.39 is 18.6 Å². The molecule has 1 aromatic rings. The van der Waals surface area contributed by atoms with Crippen LogP contribution in [0.25, 0.3) is 0 Å². The number of carbonyl (C=O) groups excluding carboxylic acids is 2. The lowest BCUT2D eigenvalue weighted by Gasteiger charge is -2.32. The van der Waals surface area contributed by atoms with E-state index in [2.05, 4.69) is 25.4 Å². The highest BCUT2D eigenvalue weighted by molar-refractivity contribution is 9.10. The first-order chi connectivity index (χ1) is 11.9. The molecule has 7 nitrogen and oxygen atoms in total. The van der Waals surface area contributed by atoms with E-state index in [-0.39, 0.29) is 36.0 Å². The summed E-state index contributed by atoms with van der Waals surface area (Å²) in [5.74, 6) is -1.84. The van der Waals surface area contributed by atoms with Crippen molar-refractivity contribution in [1.82, 2.24) is 0 Å². The first-order valence-electron chi connectivity index (χ1n) is 6.88. The standard InChI is InChI=1S/C15H14BrF2NO6/c1-22-13(20)9-6-24-7-19(12(9)14(21)23-2)10-4-3-8(16)5-11(10)25-15(17)18/h3-5,15H,6-7H2,1-2H3. The van der Waals surface area contributed by atoms with Gasteiger partial charge in [0.15, 0.2) is 5.75 Å². The number of ether oxygens (including phenoxy) is 4. The summed E-state index contributed by atoms with van der Waals surface area (Å²) in [4.78, 5) is 25.4. The second kappa shape index (κ2) is 8.26. The number of anilines is 1. The van der Waals surface area contributed by atoms with Crippen molar-refractivity contribution < 1.29 is 37.3 Å². The molecule has 1 aliphatic heterocycles. The van der Waals surface area contributed by atoms with E-state index in [1.807, 2.05) is 0 Å². The Bertz CT molecular complexity index is 709. The van der Waals surface area contributed by atoms with Crippen molar-refractivity contribution in [1.29, 1.82) is 0 Å². The zero-order valence-corrected chi connectivity index (χ0v) is 14.8. The summed E-state index contributed by atoms with van der Waals surface area (Å²) < 4.78 is 45.1. The Kier molecular flexibility index (Phi) is 6.32. The molecule has 10 heteroatoms. The van der Waals surface area contributed by atoms with Crippen LogP contribution < -0.4 is 9.64 Å². The van der Waals surface area contributed by atoms with Gasteiger partial charge in [-0.05, 0) is 18.2 Å². The molecule has 0 amide bonds. The number of carbonyl (C=O) groups is 2. The first kappa shape index (κ1) is 19.1. The molecule has 0 spiro atoms. The summed E-state index contributed by atoms with van der Waals surface area (Å²) in [6.45, 7) is -3.44. The normalized spacial score (nSPS) is 14.6. The highest BCUT2D eigenvalue weighted by Crippen LogP contribution is 2.36. The van der Waals surface area contributed by atoms with Crippen LogP contribution in [-0.2, 0) is 23.8 Å². The molecule has 25 heavy (non-hydrogen) atoms. The Morgan fingerprint density at radius 3 is 2.52 bits per heavy atom. The van der Waals surface area contributed by atoms with Crippen molar-refractivity contribution in [3.63, 3.8) is 0 Å². The lowest BCUT2D eigenvalue weighted by molar-refractivity contribution is -0.140. The fraction of sp³-hybridized carbons (Fsp3) is 0.333. The van der Waals surface area contributed by atoms with Gasteiger partial charge in [0.25, 0.3) is 0 Å². The molecule has 1 aromatic carbocycles. The number of nitrogens with zero attached hydrogens (tertiary/aromatic N) is 1. The lowest BCUT2D eigenvalue weighted by Crippen LogP contribution is -2.39. The maximum absolute atomic E-state index is 12.7. The number of alkyl halides is 2. The van der Waals surface area contributed by atoms with Crippen LogP contribution in [-0.4, -0.2) is 46.1 Å². The number of esters is 2. The summed E-state index contributed by atoms with van der Waals surface area (Å²) in [5.41, 5.74) is -0.154. The van der Waals surface area contributed by atoms with Crippen molar-refractivity contribution in [3.05, 3.63) is 33.9 Å². The fourth-order valence-corrected chi connectivity index (χ4v) is 2.58. The van der Waals surface area contributed by atoms with E-state index in [1.54, 1.807) is 6.07 Å². The molecule has 1 heterocycles. The van der Waals surface area contributed by atoms with E-state index in [9.17, 15) is 18.4 Å². The van der Waals surface area contributed by atoms with Gasteiger partial charge in [0.1, 0.15) is 12.4 Å². The van der Waals surface area contributed by atoms with Gasteiger partial charge in [-0.1, -0.05) is 15.9 Å². The Balaban J connectivity index is 2.59. The largest absolute Gasteiger partial charge is 0.466 e. The lowest BCUT2D eigenvalue weighted by atomic mass is 10.1. The summed E-state index contributed by atoms with van der Waals surface area (Å²) in [6, 6.07) is 4.31. The molecule has 0 bridgehead atoms. The molecule has 0 unspecified atom stereocenters. The number of hydrogen-bond donors (Lipinski definition) is 0. The highest BCUT2D eigenvalue weighted by atomic mass is 79.9. The summed E-state index contributed by atoms with van der Waals surface area (Å²) in [7, 11) is 2.28. The van der Waals surface area contributed by atoms with Crippen molar-refractivity contribution >= 4 is 33.6 Å². The van der Waals surface area contributed by atoms with Gasteiger partial charge in [-0.15, -0.1) is 0 Å². The van der Waals surface area contributed by atoms with E-state index in [4.69, 9.17) is 9.47 Å². The van der Waals surface area contributed by atoms with Gasteiger partial charge < -0.3 is 23.8 Å². The Labute approximate surface area is 150 Å². The fourth-order valence-electron chi connectivity index (χ4n) is 2.23. The molecule has 0 aliphatic carbocycles. The maximum atomic E-state index is 12.7. The van der Waals surface area contributed by atoms with Crippen molar-refractivity contribution in [2.45, 2.75) is 6.61 Å². The van der Waals surface area contributed by atoms with Crippen LogP contribution in [0.4, 0.5) is 14.5 Å². The van der Waals surface area contributed by atoms with E-state index in [1.165, 1.54) is 17.0 Å². The minimum Gasteiger partial charge on any atom is -0.466 e. The third-order valence-electron chi connectivity index (χ3n) is 3.26. The van der Waals surface area contributed by atoms with Crippen LogP contribution in [0.5, 0.6) is 5.75 Å². The van der Waals surface area contributed by atoms with Crippen LogP contribution in [0.1, 0.15) is 0 Å². The van der Waals surface area contributed by atoms with Crippen LogP contribution in [0.2, 0.25) is 0 Å². The van der Waals surface area contributed by atoms with Gasteiger partial charge in [0.2, 0.25) is 0 Å². The molecule has 136 valence electrons. The quantitative estimate of drug-likeness (QED) is 0.675. The van der Waals surface area contributed by atoms with Gasteiger partial charge in [-0.2, -0.15) is 8.78 Å². The van der Waals surface area contributed by atoms with E-state index in [0.29, 0.717) is 4.47 Å². The molecule has 1 aliphatic rings. The van der Waals surface area contributed by atoms with Gasteiger partial charge in [-0.25, -0.2) is 9.59 Å². The number of halogens is 3. The highest BCUT2D eigenvalue weighted by Gasteiger charge is 2.34. The molecular formula is C15H14BrF2NO6. The molecule has 0 aromatic heterocycles. The van der Waals surface area contributed by atoms with Crippen LogP contribution in [0.3, 0.4) is 0 Å². The van der Waals surface area contributed by atoms with Crippen molar-refractivity contribution in [3.8, 4) is 5.75 Å². The number of hydrogen-bond acceptors (Lipinski definition) is 7. The minimum absolute atomic E-state index is 0.0912. The van der Waals surface area contributed by atoms with Crippen LogP contribution in [0.15, 0.2) is 33.9 Å². The zero-order valence-electron chi connectivity index (χ0n) is 13.3. The second-order valence-corrected chi connectivity index (χ2v) is 5.62. The monoisotopic (exact) mass is 421 g/mol. The van der Waals surface area contributed by atoms with Crippen LogP contribution >= 0.6 is 15.9 Å². The number of rotatable bonds is 5. The second-order valence-electron chi connectivity index (χ2n) is 4.71. The summed E-state index contributed by atoms with van der Waals surface area (Å²) in [5, 5.41) is 0. The number of methoxy groups -OCH3 is 2. The van der Waals surface area contributed by atoms with Gasteiger partial charge in [0, 0.05) is 4.47 Å². The van der Waals surface area contributed by atoms with Crippen molar-refractivity contribution in [2.24, 2.45) is 0 Å². The maximum Gasteiger partial charge on any atom is 0.387 e. The molecule has 2 rings (SSSR count). The smallest absolute Gasteiger partial charge is 0.387 e. The predicted molar refractivity (Wildman–Crippen MR) is 85.1 cm³/mol. The Morgan fingerprint density at radius 2 is 1.92 bits per heavy atom. The average molecular weight is 422 g/mol. The van der Waals surface area contributed by atoms with E-state index in [0.717, 1.165) is 14.2 Å². The average Bonchev–Trinajstić information content (AvgIpc) is 2.59. The molecule has 0 N–H and O–H groups in total. The molecule has 0 saturated heterocycles. The molecular weight excluding hydrogens is 408 g/mol. The molecule has 0 saturated carbocycles. The van der Waals surface area contributed by atoms with E-state index >= 15 is 0 Å². The third-order valence-corrected chi connectivity index (χ3v) is 3.76. The van der Waals surface area contributed by atoms with Gasteiger partial charge in [-0.3, -0.25) is 0 Å². The van der Waals surface area contributed by atoms with Crippen molar-refractivity contribution in [2.75, 3.05) is 32.5 Å². The molecule has 0 atom stereocenters. The van der Waals surface area contributed by atoms with Gasteiger partial charge in [0.05, 0.1) is 32.1 Å². The molecule has 0 radical (unpaired) electrons. The number of benzene rings is 1. The Hall–Kier alpha value is -2.20. The SMILES string of the molecule is COC(=O)C1=C(C(=O)OC)N(c2ccc(Br)cc2OC(F)F)COC1. The Morgan fingerprint density at radius 1 is 1.24 bits per heavy atom. The summed E-state index contributed by atoms with van der Waals surface area (Å²) in [6.07, 6.45) is 0. The molecule has 0 fully saturated rings. The first-order valence-corrected chi connectivity index (χ1v) is 7.67. The topological polar surface area (TPSA) is 74.3 Å². The minimum atomic E-state index is -3.08. The predicted octanol–water partition coefficient (Wildman–Crippen LogP) is 2.44. The van der Waals surface area contributed by atoms with Gasteiger partial charge >= 0.3 is 18.6 Å². The zero-order chi connectivity index (χ0) is 18.6.